The topological polar surface area (TPSA) is 52.6 Å². The molecular weight excluding hydrogens is 258 g/mol. The number of methoxy groups -OCH3 is 2. The molecule has 1 aromatic rings. The lowest BCUT2D eigenvalue weighted by atomic mass is 10.1. The van der Waals surface area contributed by atoms with Gasteiger partial charge in [0.1, 0.15) is 23.8 Å². The Morgan fingerprint density at radius 2 is 1.74 bits per heavy atom. The minimum Gasteiger partial charge on any atom is -0.465 e. The number of ether oxygens (including phenoxy) is 2. The molecule has 0 aliphatic heterocycles. The van der Waals surface area contributed by atoms with E-state index in [0.29, 0.717) is 6.07 Å². The second-order valence-electron chi connectivity index (χ2n) is 3.61. The fraction of sp³-hybridized carbons (Fsp3) is 0.231. The SMILES string of the molecule is COCC(=O)C(=Cc1cc(F)cc(F)c1)C(=O)OC. The smallest absolute Gasteiger partial charge is 0.341 e. The van der Waals surface area contributed by atoms with E-state index in [9.17, 15) is 18.4 Å². The molecule has 4 nitrogen and oxygen atoms in total. The summed E-state index contributed by atoms with van der Waals surface area (Å²) in [5, 5.41) is 0. The van der Waals surface area contributed by atoms with E-state index in [1.54, 1.807) is 0 Å². The number of carbonyl (C=O) groups is 2. The third-order valence-corrected chi connectivity index (χ3v) is 2.18. The molecule has 1 aromatic carbocycles. The zero-order valence-electron chi connectivity index (χ0n) is 10.4. The monoisotopic (exact) mass is 270 g/mol. The number of rotatable bonds is 5. The second-order valence-corrected chi connectivity index (χ2v) is 3.61. The zero-order chi connectivity index (χ0) is 14.4. The molecule has 0 N–H and O–H groups in total. The molecule has 1 rings (SSSR count). The van der Waals surface area contributed by atoms with Gasteiger partial charge in [-0.2, -0.15) is 0 Å². The van der Waals surface area contributed by atoms with Crippen LogP contribution in [0.1, 0.15) is 5.56 Å². The van der Waals surface area contributed by atoms with Crippen LogP contribution in [-0.4, -0.2) is 32.6 Å². The summed E-state index contributed by atoms with van der Waals surface area (Å²) in [6, 6.07) is 2.67. The molecule has 0 amide bonds. The summed E-state index contributed by atoms with van der Waals surface area (Å²) >= 11 is 0. The summed E-state index contributed by atoms with van der Waals surface area (Å²) in [4.78, 5) is 23.1. The van der Waals surface area contributed by atoms with Crippen LogP contribution in [0.3, 0.4) is 0 Å². The first-order chi connectivity index (χ1) is 8.97. The summed E-state index contributed by atoms with van der Waals surface area (Å²) in [5.41, 5.74) is -0.295. The number of halogens is 2. The molecule has 0 radical (unpaired) electrons. The third-order valence-electron chi connectivity index (χ3n) is 2.18. The maximum absolute atomic E-state index is 13.0. The highest BCUT2D eigenvalue weighted by Crippen LogP contribution is 2.13. The molecule has 0 spiro atoms. The summed E-state index contributed by atoms with van der Waals surface area (Å²) in [7, 11) is 2.39. The van der Waals surface area contributed by atoms with E-state index >= 15 is 0 Å². The average Bonchev–Trinajstić information content (AvgIpc) is 2.34. The van der Waals surface area contributed by atoms with Gasteiger partial charge in [-0.25, -0.2) is 13.6 Å². The van der Waals surface area contributed by atoms with Crippen molar-refractivity contribution >= 4 is 17.8 Å². The highest BCUT2D eigenvalue weighted by molar-refractivity contribution is 6.21. The summed E-state index contributed by atoms with van der Waals surface area (Å²) in [6.07, 6.45) is 1.05. The first kappa shape index (κ1) is 15.0. The summed E-state index contributed by atoms with van der Waals surface area (Å²) in [5.74, 6) is -3.16. The molecule has 0 aliphatic carbocycles. The van der Waals surface area contributed by atoms with Crippen molar-refractivity contribution in [3.8, 4) is 0 Å². The minimum absolute atomic E-state index is 0.0438. The van der Waals surface area contributed by atoms with Crippen molar-refractivity contribution in [1.82, 2.24) is 0 Å². The molecule has 0 unspecified atom stereocenters. The Hall–Kier alpha value is -2.08. The van der Waals surface area contributed by atoms with Crippen molar-refractivity contribution in [2.24, 2.45) is 0 Å². The number of esters is 1. The van der Waals surface area contributed by atoms with Gasteiger partial charge in [0.25, 0.3) is 0 Å². The Bertz CT molecular complexity index is 503. The Kier molecular flexibility index (Phi) is 5.32. The minimum atomic E-state index is -0.897. The van der Waals surface area contributed by atoms with E-state index in [2.05, 4.69) is 9.47 Å². The van der Waals surface area contributed by atoms with Gasteiger partial charge in [0, 0.05) is 13.2 Å². The lowest BCUT2D eigenvalue weighted by Crippen LogP contribution is -2.18. The van der Waals surface area contributed by atoms with E-state index in [0.717, 1.165) is 25.3 Å². The van der Waals surface area contributed by atoms with Gasteiger partial charge in [-0.3, -0.25) is 4.79 Å². The number of benzene rings is 1. The summed E-state index contributed by atoms with van der Waals surface area (Å²) in [6.45, 7) is -0.335. The normalized spacial score (nSPS) is 11.3. The third kappa shape index (κ3) is 4.26. The number of Topliss-reactive ketones (excluding diaryl/α,β-unsaturated/α-hetero) is 1. The van der Waals surface area contributed by atoms with E-state index in [1.165, 1.54) is 7.11 Å². The van der Waals surface area contributed by atoms with Crippen LogP contribution in [0, 0.1) is 11.6 Å². The lowest BCUT2D eigenvalue weighted by Gasteiger charge is -2.04. The highest BCUT2D eigenvalue weighted by atomic mass is 19.1. The van der Waals surface area contributed by atoms with Crippen molar-refractivity contribution in [3.63, 3.8) is 0 Å². The molecule has 0 saturated carbocycles. The lowest BCUT2D eigenvalue weighted by molar-refractivity contribution is -0.138. The highest BCUT2D eigenvalue weighted by Gasteiger charge is 2.18. The van der Waals surface area contributed by atoms with Crippen molar-refractivity contribution in [2.75, 3.05) is 20.8 Å². The van der Waals surface area contributed by atoms with E-state index in [-0.39, 0.29) is 17.7 Å². The van der Waals surface area contributed by atoms with Gasteiger partial charge in [0.15, 0.2) is 5.78 Å². The van der Waals surface area contributed by atoms with E-state index in [1.807, 2.05) is 0 Å². The van der Waals surface area contributed by atoms with E-state index < -0.39 is 23.4 Å². The maximum atomic E-state index is 13.0. The number of hydrogen-bond donors (Lipinski definition) is 0. The van der Waals surface area contributed by atoms with E-state index in [4.69, 9.17) is 0 Å². The molecule has 0 bridgehead atoms. The van der Waals surface area contributed by atoms with Gasteiger partial charge >= 0.3 is 5.97 Å². The van der Waals surface area contributed by atoms with Gasteiger partial charge in [0.2, 0.25) is 0 Å². The first-order valence-corrected chi connectivity index (χ1v) is 5.26. The Labute approximate surface area is 108 Å². The van der Waals surface area contributed by atoms with Gasteiger partial charge in [-0.15, -0.1) is 0 Å². The molecule has 6 heteroatoms. The standard InChI is InChI=1S/C13H12F2O4/c1-18-7-12(16)11(13(17)19-2)5-8-3-9(14)6-10(15)4-8/h3-6H,7H2,1-2H3. The van der Waals surface area contributed by atoms with Crippen molar-refractivity contribution in [2.45, 2.75) is 0 Å². The molecule has 0 fully saturated rings. The fourth-order valence-corrected chi connectivity index (χ4v) is 1.40. The number of hydrogen-bond acceptors (Lipinski definition) is 4. The molecule has 0 aromatic heterocycles. The second kappa shape index (κ2) is 6.75. The number of ketones is 1. The van der Waals surface area contributed by atoms with Crippen LogP contribution in [0.2, 0.25) is 0 Å². The molecule has 0 saturated heterocycles. The summed E-state index contributed by atoms with van der Waals surface area (Å²) < 4.78 is 35.1. The van der Waals surface area contributed by atoms with Gasteiger partial charge in [-0.1, -0.05) is 0 Å². The maximum Gasteiger partial charge on any atom is 0.341 e. The first-order valence-electron chi connectivity index (χ1n) is 5.26. The fourth-order valence-electron chi connectivity index (χ4n) is 1.40. The Morgan fingerprint density at radius 3 is 2.21 bits per heavy atom. The van der Waals surface area contributed by atoms with Crippen molar-refractivity contribution in [1.29, 1.82) is 0 Å². The predicted molar refractivity (Wildman–Crippen MR) is 63.2 cm³/mol. The Morgan fingerprint density at radius 1 is 1.16 bits per heavy atom. The molecule has 0 atom stereocenters. The van der Waals surface area contributed by atoms with Crippen molar-refractivity contribution in [3.05, 3.63) is 41.0 Å². The number of carbonyl (C=O) groups excluding carboxylic acids is 2. The van der Waals surface area contributed by atoms with Crippen LogP contribution in [0.15, 0.2) is 23.8 Å². The zero-order valence-corrected chi connectivity index (χ0v) is 10.4. The van der Waals surface area contributed by atoms with Crippen molar-refractivity contribution < 1.29 is 27.8 Å². The van der Waals surface area contributed by atoms with Crippen LogP contribution in [0.4, 0.5) is 8.78 Å². The van der Waals surface area contributed by atoms with Gasteiger partial charge in [0.05, 0.1) is 7.11 Å². The average molecular weight is 270 g/mol. The molecule has 0 aliphatic rings. The van der Waals surface area contributed by atoms with Crippen LogP contribution in [-0.2, 0) is 19.1 Å². The molecule has 0 heterocycles. The molecular formula is C13H12F2O4. The van der Waals surface area contributed by atoms with Crippen LogP contribution >= 0.6 is 0 Å². The van der Waals surface area contributed by atoms with Crippen LogP contribution in [0.5, 0.6) is 0 Å². The molecule has 19 heavy (non-hydrogen) atoms. The van der Waals surface area contributed by atoms with Gasteiger partial charge in [-0.05, 0) is 23.8 Å². The molecule has 102 valence electrons. The van der Waals surface area contributed by atoms with Crippen LogP contribution < -0.4 is 0 Å². The Balaban J connectivity index is 3.19. The predicted octanol–water partition coefficient (Wildman–Crippen LogP) is 1.74. The largest absolute Gasteiger partial charge is 0.465 e. The van der Waals surface area contributed by atoms with Crippen LogP contribution in [0.25, 0.3) is 6.08 Å². The van der Waals surface area contributed by atoms with Gasteiger partial charge < -0.3 is 9.47 Å². The quantitative estimate of drug-likeness (QED) is 0.354.